The third kappa shape index (κ3) is 3.64. The molecule has 2 atom stereocenters. The van der Waals surface area contributed by atoms with E-state index in [-0.39, 0.29) is 5.92 Å². The van der Waals surface area contributed by atoms with Gasteiger partial charge in [-0.3, -0.25) is 0 Å². The summed E-state index contributed by atoms with van der Waals surface area (Å²) in [5, 5.41) is 13.8. The summed E-state index contributed by atoms with van der Waals surface area (Å²) in [5.41, 5.74) is 3.11. The molecule has 0 radical (unpaired) electrons. The van der Waals surface area contributed by atoms with Crippen molar-refractivity contribution in [2.45, 2.75) is 18.9 Å². The summed E-state index contributed by atoms with van der Waals surface area (Å²) in [7, 11) is 0. The number of hydrogen-bond donors (Lipinski definition) is 1. The van der Waals surface area contributed by atoms with E-state index >= 15 is 0 Å². The van der Waals surface area contributed by atoms with Gasteiger partial charge in [-0.25, -0.2) is 4.98 Å². The second-order valence-electron chi connectivity index (χ2n) is 6.25. The highest BCUT2D eigenvalue weighted by Crippen LogP contribution is 2.38. The zero-order chi connectivity index (χ0) is 17.2. The molecule has 1 aromatic heterocycles. The predicted molar refractivity (Wildman–Crippen MR) is 104 cm³/mol. The molecular formula is C20H18BrNO2S. The van der Waals surface area contributed by atoms with Gasteiger partial charge in [0.05, 0.1) is 18.4 Å². The lowest BCUT2D eigenvalue weighted by Crippen LogP contribution is -2.26. The number of benzene rings is 2. The van der Waals surface area contributed by atoms with E-state index in [4.69, 9.17) is 9.72 Å². The molecule has 2 heterocycles. The molecule has 3 nitrogen and oxygen atoms in total. The summed E-state index contributed by atoms with van der Waals surface area (Å²) < 4.78 is 6.81. The molecule has 1 aliphatic rings. The first-order valence-corrected chi connectivity index (χ1v) is 9.98. The molecule has 2 aromatic carbocycles. The number of aliphatic hydroxyl groups is 1. The molecule has 2 unspecified atom stereocenters. The maximum atomic E-state index is 10.7. The van der Waals surface area contributed by atoms with Crippen LogP contribution in [-0.2, 0) is 6.42 Å². The summed E-state index contributed by atoms with van der Waals surface area (Å²) in [4.78, 5) is 4.74. The fourth-order valence-electron chi connectivity index (χ4n) is 3.13. The monoisotopic (exact) mass is 415 g/mol. The number of aromatic nitrogens is 1. The van der Waals surface area contributed by atoms with Gasteiger partial charge in [-0.2, -0.15) is 0 Å². The first-order valence-electron chi connectivity index (χ1n) is 8.31. The summed E-state index contributed by atoms with van der Waals surface area (Å²) in [5.74, 6) is 0.869. The summed E-state index contributed by atoms with van der Waals surface area (Å²) in [6, 6.07) is 16.0. The molecule has 0 fully saturated rings. The van der Waals surface area contributed by atoms with Gasteiger partial charge in [0, 0.05) is 26.9 Å². The largest absolute Gasteiger partial charge is 0.493 e. The van der Waals surface area contributed by atoms with E-state index in [9.17, 15) is 5.11 Å². The molecule has 0 bridgehead atoms. The third-order valence-electron chi connectivity index (χ3n) is 4.54. The van der Waals surface area contributed by atoms with Gasteiger partial charge in [-0.05, 0) is 25.0 Å². The Kier molecular flexibility index (Phi) is 4.88. The molecule has 0 spiro atoms. The summed E-state index contributed by atoms with van der Waals surface area (Å²) >= 11 is 5.11. The third-order valence-corrected chi connectivity index (χ3v) is 5.97. The van der Waals surface area contributed by atoms with Crippen molar-refractivity contribution >= 4 is 27.3 Å². The van der Waals surface area contributed by atoms with Crippen molar-refractivity contribution in [2.75, 3.05) is 6.61 Å². The lowest BCUT2D eigenvalue weighted by molar-refractivity contribution is 0.0461. The fourth-order valence-corrected chi connectivity index (χ4v) is 4.33. The first-order chi connectivity index (χ1) is 12.2. The van der Waals surface area contributed by atoms with Crippen LogP contribution in [-0.4, -0.2) is 16.7 Å². The number of nitrogens with zero attached hydrogens (tertiary/aromatic N) is 1. The van der Waals surface area contributed by atoms with E-state index in [1.54, 1.807) is 11.3 Å². The quantitative estimate of drug-likeness (QED) is 0.632. The van der Waals surface area contributed by atoms with Crippen LogP contribution in [0.4, 0.5) is 0 Å². The van der Waals surface area contributed by atoms with Gasteiger partial charge in [0.25, 0.3) is 0 Å². The lowest BCUT2D eigenvalue weighted by Gasteiger charge is -2.30. The van der Waals surface area contributed by atoms with Crippen LogP contribution in [0, 0.1) is 5.92 Å². The van der Waals surface area contributed by atoms with Gasteiger partial charge in [-0.1, -0.05) is 52.3 Å². The van der Waals surface area contributed by atoms with E-state index in [0.29, 0.717) is 6.61 Å². The second kappa shape index (κ2) is 7.28. The molecular weight excluding hydrogens is 398 g/mol. The Hall–Kier alpha value is -1.69. The SMILES string of the molecule is OC1c2ccc(Br)cc2OCC1CCc1csc(-c2ccccc2)n1. The van der Waals surface area contributed by atoms with Crippen molar-refractivity contribution in [3.8, 4) is 16.3 Å². The molecule has 0 saturated carbocycles. The average molecular weight is 416 g/mol. The van der Waals surface area contributed by atoms with Crippen LogP contribution in [0.1, 0.15) is 23.8 Å². The summed E-state index contributed by atoms with van der Waals surface area (Å²) in [6.07, 6.45) is 1.22. The molecule has 0 aliphatic carbocycles. The van der Waals surface area contributed by atoms with Crippen molar-refractivity contribution in [3.63, 3.8) is 0 Å². The van der Waals surface area contributed by atoms with Gasteiger partial charge in [0.2, 0.25) is 0 Å². The molecule has 128 valence electrons. The van der Waals surface area contributed by atoms with Gasteiger partial charge in [0.15, 0.2) is 0 Å². The minimum Gasteiger partial charge on any atom is -0.493 e. The van der Waals surface area contributed by atoms with Crippen LogP contribution in [0.2, 0.25) is 0 Å². The highest BCUT2D eigenvalue weighted by atomic mass is 79.9. The molecule has 0 saturated heterocycles. The second-order valence-corrected chi connectivity index (χ2v) is 8.02. The van der Waals surface area contributed by atoms with Crippen molar-refractivity contribution in [1.82, 2.24) is 4.98 Å². The van der Waals surface area contributed by atoms with Crippen LogP contribution in [0.15, 0.2) is 58.4 Å². The van der Waals surface area contributed by atoms with Crippen molar-refractivity contribution in [3.05, 3.63) is 69.6 Å². The number of rotatable bonds is 4. The molecule has 3 aromatic rings. The van der Waals surface area contributed by atoms with Crippen molar-refractivity contribution in [2.24, 2.45) is 5.92 Å². The minimum atomic E-state index is -0.482. The van der Waals surface area contributed by atoms with Crippen LogP contribution in [0.5, 0.6) is 5.75 Å². The minimum absolute atomic E-state index is 0.0931. The topological polar surface area (TPSA) is 42.4 Å². The van der Waals surface area contributed by atoms with E-state index in [0.717, 1.165) is 44.9 Å². The van der Waals surface area contributed by atoms with Crippen molar-refractivity contribution in [1.29, 1.82) is 0 Å². The molecule has 25 heavy (non-hydrogen) atoms. The lowest BCUT2D eigenvalue weighted by atomic mass is 9.89. The Bertz CT molecular complexity index is 865. The zero-order valence-electron chi connectivity index (χ0n) is 13.6. The number of aryl methyl sites for hydroxylation is 1. The number of fused-ring (bicyclic) bond motifs is 1. The van der Waals surface area contributed by atoms with Gasteiger partial charge >= 0.3 is 0 Å². The number of thiazole rings is 1. The maximum Gasteiger partial charge on any atom is 0.126 e. The van der Waals surface area contributed by atoms with E-state index in [1.165, 1.54) is 0 Å². The van der Waals surface area contributed by atoms with Crippen LogP contribution in [0.3, 0.4) is 0 Å². The molecule has 4 rings (SSSR count). The Morgan fingerprint density at radius 2 is 2.04 bits per heavy atom. The standard InChI is InChI=1S/C20H18BrNO2S/c21-15-7-9-17-18(10-15)24-11-14(19(17)23)6-8-16-12-25-20(22-16)13-4-2-1-3-5-13/h1-5,7,9-10,12,14,19,23H,6,8,11H2. The average Bonchev–Trinajstić information content (AvgIpc) is 3.11. The maximum absolute atomic E-state index is 10.7. The number of halogens is 1. The zero-order valence-corrected chi connectivity index (χ0v) is 16.0. The highest BCUT2D eigenvalue weighted by molar-refractivity contribution is 9.10. The van der Waals surface area contributed by atoms with Gasteiger partial charge in [0.1, 0.15) is 10.8 Å². The Labute approximate surface area is 159 Å². The number of ether oxygens (including phenoxy) is 1. The van der Waals surface area contributed by atoms with Crippen LogP contribution in [0.25, 0.3) is 10.6 Å². The Morgan fingerprint density at radius 3 is 2.88 bits per heavy atom. The Balaban J connectivity index is 1.42. The molecule has 0 amide bonds. The normalized spacial score (nSPS) is 19.3. The van der Waals surface area contributed by atoms with Gasteiger partial charge in [-0.15, -0.1) is 11.3 Å². The summed E-state index contributed by atoms with van der Waals surface area (Å²) in [6.45, 7) is 0.542. The Morgan fingerprint density at radius 1 is 1.20 bits per heavy atom. The molecule has 5 heteroatoms. The predicted octanol–water partition coefficient (Wildman–Crippen LogP) is 5.25. The van der Waals surface area contributed by atoms with E-state index < -0.39 is 6.10 Å². The van der Waals surface area contributed by atoms with Gasteiger partial charge < -0.3 is 9.84 Å². The molecule has 1 aliphatic heterocycles. The van der Waals surface area contributed by atoms with Crippen molar-refractivity contribution < 1.29 is 9.84 Å². The first kappa shape index (κ1) is 16.8. The van der Waals surface area contributed by atoms with Crippen LogP contribution < -0.4 is 4.74 Å². The smallest absolute Gasteiger partial charge is 0.126 e. The van der Waals surface area contributed by atoms with E-state index in [2.05, 4.69) is 33.4 Å². The number of hydrogen-bond acceptors (Lipinski definition) is 4. The number of aliphatic hydroxyl groups excluding tert-OH is 1. The van der Waals surface area contributed by atoms with Crippen LogP contribution >= 0.6 is 27.3 Å². The van der Waals surface area contributed by atoms with E-state index in [1.807, 2.05) is 36.4 Å². The highest BCUT2D eigenvalue weighted by Gasteiger charge is 2.29. The molecule has 1 N–H and O–H groups in total. The fraction of sp³-hybridized carbons (Fsp3) is 0.250.